The number of carbonyl (C=O) groups is 1. The van der Waals surface area contributed by atoms with Gasteiger partial charge in [0.1, 0.15) is 4.90 Å². The summed E-state index contributed by atoms with van der Waals surface area (Å²) in [6, 6.07) is 4.57. The summed E-state index contributed by atoms with van der Waals surface area (Å²) in [4.78, 5) is 12.3. The Morgan fingerprint density at radius 3 is 2.58 bits per heavy atom. The highest BCUT2D eigenvalue weighted by Gasteiger charge is 2.25. The van der Waals surface area contributed by atoms with Gasteiger partial charge in [0.15, 0.2) is 0 Å². The van der Waals surface area contributed by atoms with Gasteiger partial charge in [0.2, 0.25) is 15.9 Å². The molecule has 132 valence electrons. The second-order valence-electron chi connectivity index (χ2n) is 5.71. The maximum Gasteiger partial charge on any atom is 0.244 e. The van der Waals surface area contributed by atoms with E-state index < -0.39 is 10.0 Å². The van der Waals surface area contributed by atoms with Crippen LogP contribution in [0.5, 0.6) is 0 Å². The molecule has 1 aliphatic carbocycles. The van der Waals surface area contributed by atoms with E-state index in [-0.39, 0.29) is 21.7 Å². The number of sulfonamides is 1. The fourth-order valence-corrected chi connectivity index (χ4v) is 4.72. The fraction of sp³-hybridized carbons (Fsp3) is 0.471. The molecule has 0 saturated heterocycles. The fourth-order valence-electron chi connectivity index (χ4n) is 2.76. The molecular formula is C17H23ClN2O3S. The lowest BCUT2D eigenvalue weighted by molar-refractivity contribution is -0.120. The summed E-state index contributed by atoms with van der Waals surface area (Å²) < 4.78 is 26.7. The summed E-state index contributed by atoms with van der Waals surface area (Å²) in [5.41, 5.74) is 0.449. The van der Waals surface area contributed by atoms with Crippen molar-refractivity contribution in [1.29, 1.82) is 0 Å². The predicted octanol–water partition coefficient (Wildman–Crippen LogP) is 3.67. The number of carbonyl (C=O) groups excluding carboxylic acids is 1. The smallest absolute Gasteiger partial charge is 0.244 e. The first-order chi connectivity index (χ1) is 11.4. The lowest BCUT2D eigenvalue weighted by atomic mass is 9.93. The third-order valence-electron chi connectivity index (χ3n) is 4.16. The van der Waals surface area contributed by atoms with Crippen LogP contribution in [0.4, 0.5) is 5.69 Å². The lowest BCUT2D eigenvalue weighted by Gasteiger charge is -2.20. The molecule has 24 heavy (non-hydrogen) atoms. The van der Waals surface area contributed by atoms with E-state index in [4.69, 9.17) is 11.6 Å². The molecule has 1 aromatic rings. The van der Waals surface area contributed by atoms with Gasteiger partial charge in [-0.05, 0) is 37.5 Å². The maximum atomic E-state index is 12.7. The number of nitrogens with one attached hydrogen (secondary N) is 1. The SMILES string of the molecule is CCN(CC)S(=O)(=O)c1cc(NC(=O)C2CC=CCC2)ccc1Cl. The molecule has 1 aromatic carbocycles. The Labute approximate surface area is 148 Å². The van der Waals surface area contributed by atoms with Crippen LogP contribution < -0.4 is 5.32 Å². The Morgan fingerprint density at radius 1 is 1.29 bits per heavy atom. The van der Waals surface area contributed by atoms with E-state index in [1.54, 1.807) is 19.9 Å². The topological polar surface area (TPSA) is 66.5 Å². The van der Waals surface area contributed by atoms with Crippen molar-refractivity contribution in [2.24, 2.45) is 5.92 Å². The van der Waals surface area contributed by atoms with Gasteiger partial charge in [0, 0.05) is 24.7 Å². The summed E-state index contributed by atoms with van der Waals surface area (Å²) in [6.07, 6.45) is 6.48. The highest BCUT2D eigenvalue weighted by Crippen LogP contribution is 2.28. The highest BCUT2D eigenvalue weighted by molar-refractivity contribution is 7.89. The van der Waals surface area contributed by atoms with Gasteiger partial charge in [-0.1, -0.05) is 37.6 Å². The van der Waals surface area contributed by atoms with Crippen LogP contribution in [-0.4, -0.2) is 31.7 Å². The second kappa shape index (κ2) is 8.14. The molecule has 0 bridgehead atoms. The Balaban J connectivity index is 2.25. The molecule has 0 aromatic heterocycles. The van der Waals surface area contributed by atoms with Crippen LogP contribution in [0.1, 0.15) is 33.1 Å². The van der Waals surface area contributed by atoms with Crippen LogP contribution in [0.2, 0.25) is 5.02 Å². The molecule has 0 saturated carbocycles. The van der Waals surface area contributed by atoms with Gasteiger partial charge in [0.25, 0.3) is 0 Å². The van der Waals surface area contributed by atoms with Gasteiger partial charge >= 0.3 is 0 Å². The molecule has 1 unspecified atom stereocenters. The Kier molecular flexibility index (Phi) is 6.43. The Bertz CT molecular complexity index is 727. The van der Waals surface area contributed by atoms with Gasteiger partial charge in [-0.25, -0.2) is 8.42 Å². The first-order valence-electron chi connectivity index (χ1n) is 8.15. The lowest BCUT2D eigenvalue weighted by Crippen LogP contribution is -2.31. The Morgan fingerprint density at radius 2 is 2.00 bits per heavy atom. The standard InChI is InChI=1S/C17H23ClN2O3S/c1-3-20(4-2)24(22,23)16-12-14(10-11-15(16)18)19-17(21)13-8-6-5-7-9-13/h5-6,10-13H,3-4,7-9H2,1-2H3,(H,19,21). The summed E-state index contributed by atoms with van der Waals surface area (Å²) >= 11 is 6.10. The normalized spacial score (nSPS) is 17.9. The van der Waals surface area contributed by atoms with Crippen LogP contribution in [0.25, 0.3) is 0 Å². The first-order valence-corrected chi connectivity index (χ1v) is 9.97. The largest absolute Gasteiger partial charge is 0.326 e. The molecular weight excluding hydrogens is 348 g/mol. The summed E-state index contributed by atoms with van der Waals surface area (Å²) in [5, 5.41) is 2.97. The minimum atomic E-state index is -3.68. The molecule has 7 heteroatoms. The maximum absolute atomic E-state index is 12.7. The minimum absolute atomic E-state index is 0.0224. The van der Waals surface area contributed by atoms with E-state index in [9.17, 15) is 13.2 Å². The van der Waals surface area contributed by atoms with Gasteiger partial charge in [0.05, 0.1) is 5.02 Å². The van der Waals surface area contributed by atoms with E-state index in [1.807, 2.05) is 6.08 Å². The van der Waals surface area contributed by atoms with Crippen molar-refractivity contribution in [3.8, 4) is 0 Å². The number of hydrogen-bond donors (Lipinski definition) is 1. The summed E-state index contributed by atoms with van der Waals surface area (Å²) in [7, 11) is -3.68. The molecule has 5 nitrogen and oxygen atoms in total. The van der Waals surface area contributed by atoms with E-state index in [0.717, 1.165) is 12.8 Å². The number of benzene rings is 1. The van der Waals surface area contributed by atoms with Crippen molar-refractivity contribution in [2.75, 3.05) is 18.4 Å². The number of allylic oxidation sites excluding steroid dienone is 2. The van der Waals surface area contributed by atoms with Crippen molar-refractivity contribution in [1.82, 2.24) is 4.31 Å². The second-order valence-corrected chi connectivity index (χ2v) is 8.02. The van der Waals surface area contributed by atoms with Gasteiger partial charge in [-0.2, -0.15) is 4.31 Å². The third-order valence-corrected chi connectivity index (χ3v) is 6.69. The molecule has 0 spiro atoms. The van der Waals surface area contributed by atoms with Crippen molar-refractivity contribution >= 4 is 33.2 Å². The van der Waals surface area contributed by atoms with Gasteiger partial charge < -0.3 is 5.32 Å². The third kappa shape index (κ3) is 4.18. The van der Waals surface area contributed by atoms with Crippen molar-refractivity contribution in [3.05, 3.63) is 35.4 Å². The number of hydrogen-bond acceptors (Lipinski definition) is 3. The molecule has 0 fully saturated rings. The minimum Gasteiger partial charge on any atom is -0.326 e. The van der Waals surface area contributed by atoms with Crippen LogP contribution in [0.15, 0.2) is 35.2 Å². The Hall–Kier alpha value is -1.37. The predicted molar refractivity (Wildman–Crippen MR) is 96.7 cm³/mol. The number of rotatable bonds is 6. The molecule has 1 aliphatic rings. The van der Waals surface area contributed by atoms with Crippen LogP contribution in [0, 0.1) is 5.92 Å². The van der Waals surface area contributed by atoms with Crippen molar-refractivity contribution in [2.45, 2.75) is 38.0 Å². The van der Waals surface area contributed by atoms with Crippen molar-refractivity contribution in [3.63, 3.8) is 0 Å². The average molecular weight is 371 g/mol. The molecule has 1 N–H and O–H groups in total. The zero-order chi connectivity index (χ0) is 17.7. The van der Waals surface area contributed by atoms with Crippen molar-refractivity contribution < 1.29 is 13.2 Å². The van der Waals surface area contributed by atoms with Gasteiger partial charge in [-0.3, -0.25) is 4.79 Å². The van der Waals surface area contributed by atoms with Crippen LogP contribution >= 0.6 is 11.6 Å². The highest BCUT2D eigenvalue weighted by atomic mass is 35.5. The molecule has 1 amide bonds. The molecule has 0 aliphatic heterocycles. The molecule has 1 atom stereocenters. The summed E-state index contributed by atoms with van der Waals surface area (Å²) in [6.45, 7) is 4.27. The first kappa shape index (κ1) is 19.0. The van der Waals surface area contributed by atoms with E-state index in [0.29, 0.717) is 25.2 Å². The van der Waals surface area contributed by atoms with E-state index in [1.165, 1.54) is 16.4 Å². The zero-order valence-electron chi connectivity index (χ0n) is 14.0. The van der Waals surface area contributed by atoms with Gasteiger partial charge in [-0.15, -0.1) is 0 Å². The van der Waals surface area contributed by atoms with Crippen LogP contribution in [-0.2, 0) is 14.8 Å². The number of halogens is 1. The van der Waals surface area contributed by atoms with Crippen LogP contribution in [0.3, 0.4) is 0 Å². The number of nitrogens with zero attached hydrogens (tertiary/aromatic N) is 1. The zero-order valence-corrected chi connectivity index (χ0v) is 15.5. The average Bonchev–Trinajstić information content (AvgIpc) is 2.58. The number of anilines is 1. The molecule has 0 radical (unpaired) electrons. The molecule has 2 rings (SSSR count). The molecule has 0 heterocycles. The quantitative estimate of drug-likeness (QED) is 0.777. The summed E-state index contributed by atoms with van der Waals surface area (Å²) in [5.74, 6) is -0.165. The monoisotopic (exact) mass is 370 g/mol. The number of amides is 1. The van der Waals surface area contributed by atoms with E-state index >= 15 is 0 Å². The van der Waals surface area contributed by atoms with E-state index in [2.05, 4.69) is 11.4 Å².